The average Bonchev–Trinajstić information content (AvgIpc) is 2.98. The number of fused-ring (bicyclic) bond motifs is 1. The van der Waals surface area contributed by atoms with Crippen LogP contribution in [0, 0.1) is 11.2 Å². The van der Waals surface area contributed by atoms with Gasteiger partial charge in [0.25, 0.3) is 0 Å². The van der Waals surface area contributed by atoms with Gasteiger partial charge in [0.1, 0.15) is 17.9 Å². The Labute approximate surface area is 240 Å². The van der Waals surface area contributed by atoms with Crippen molar-refractivity contribution >= 4 is 22.7 Å². The second kappa shape index (κ2) is 12.1. The van der Waals surface area contributed by atoms with Crippen molar-refractivity contribution in [3.05, 3.63) is 71.5 Å². The van der Waals surface area contributed by atoms with Crippen LogP contribution in [0.25, 0.3) is 10.8 Å². The maximum atomic E-state index is 15.0. The van der Waals surface area contributed by atoms with Crippen LogP contribution < -0.4 is 15.2 Å². The molecule has 2 aliphatic rings. The van der Waals surface area contributed by atoms with Gasteiger partial charge in [0.05, 0.1) is 18.6 Å². The fourth-order valence-corrected chi connectivity index (χ4v) is 5.91. The van der Waals surface area contributed by atoms with E-state index < -0.39 is 22.9 Å². The summed E-state index contributed by atoms with van der Waals surface area (Å²) < 4.78 is 37.7. The molecular formula is C33H38FNO6. The van der Waals surface area contributed by atoms with Crippen LogP contribution in [-0.2, 0) is 20.9 Å². The van der Waals surface area contributed by atoms with Crippen molar-refractivity contribution in [2.75, 3.05) is 7.11 Å². The summed E-state index contributed by atoms with van der Waals surface area (Å²) in [6.07, 6.45) is 5.81. The van der Waals surface area contributed by atoms with Gasteiger partial charge in [-0.15, -0.1) is 0 Å². The zero-order chi connectivity index (χ0) is 29.0. The highest BCUT2D eigenvalue weighted by atomic mass is 19.1. The molecule has 0 spiro atoms. The first-order chi connectivity index (χ1) is 19.7. The molecule has 218 valence electrons. The molecule has 0 radical (unpaired) electrons. The van der Waals surface area contributed by atoms with Gasteiger partial charge in [0, 0.05) is 25.0 Å². The number of esters is 2. The fraction of sp³-hybridized carbons (Fsp3) is 0.455. The van der Waals surface area contributed by atoms with Gasteiger partial charge in [0.15, 0.2) is 17.3 Å². The summed E-state index contributed by atoms with van der Waals surface area (Å²) in [6, 6.07) is 16.4. The van der Waals surface area contributed by atoms with Crippen molar-refractivity contribution in [3.63, 3.8) is 0 Å². The predicted octanol–water partition coefficient (Wildman–Crippen LogP) is 6.83. The van der Waals surface area contributed by atoms with Gasteiger partial charge in [-0.25, -0.2) is 9.18 Å². The molecule has 0 heterocycles. The molecule has 2 aliphatic carbocycles. The Morgan fingerprint density at radius 3 is 2.39 bits per heavy atom. The van der Waals surface area contributed by atoms with Crippen LogP contribution in [0.15, 0.2) is 54.6 Å². The zero-order valence-corrected chi connectivity index (χ0v) is 23.7. The van der Waals surface area contributed by atoms with Gasteiger partial charge >= 0.3 is 11.9 Å². The van der Waals surface area contributed by atoms with Gasteiger partial charge in [-0.1, -0.05) is 48.9 Å². The molecule has 0 bridgehead atoms. The summed E-state index contributed by atoms with van der Waals surface area (Å²) in [4.78, 5) is 26.2. The van der Waals surface area contributed by atoms with Crippen LogP contribution in [-0.4, -0.2) is 30.9 Å². The molecule has 0 amide bonds. The van der Waals surface area contributed by atoms with Crippen molar-refractivity contribution in [1.29, 1.82) is 0 Å². The van der Waals surface area contributed by atoms with Gasteiger partial charge in [-0.3, -0.25) is 10.5 Å². The Morgan fingerprint density at radius 1 is 0.951 bits per heavy atom. The van der Waals surface area contributed by atoms with E-state index in [1.54, 1.807) is 0 Å². The molecule has 8 heteroatoms. The Kier molecular flexibility index (Phi) is 8.50. The van der Waals surface area contributed by atoms with Crippen molar-refractivity contribution in [1.82, 2.24) is 0 Å². The molecule has 2 fully saturated rings. The van der Waals surface area contributed by atoms with E-state index in [0.29, 0.717) is 38.5 Å². The third-order valence-electron chi connectivity index (χ3n) is 8.53. The van der Waals surface area contributed by atoms with Crippen molar-refractivity contribution < 1.29 is 32.9 Å². The summed E-state index contributed by atoms with van der Waals surface area (Å²) in [6.45, 7) is 2.11. The maximum absolute atomic E-state index is 15.0. The summed E-state index contributed by atoms with van der Waals surface area (Å²) in [5.41, 5.74) is 5.64. The quantitative estimate of drug-likeness (QED) is 0.237. The molecular weight excluding hydrogens is 525 g/mol. The van der Waals surface area contributed by atoms with E-state index in [4.69, 9.17) is 24.7 Å². The minimum Gasteiger partial charge on any atom is -0.496 e. The Bertz CT molecular complexity index is 1400. The van der Waals surface area contributed by atoms with E-state index in [9.17, 15) is 14.0 Å². The van der Waals surface area contributed by atoms with Crippen molar-refractivity contribution in [2.24, 2.45) is 11.1 Å². The van der Waals surface area contributed by atoms with E-state index >= 15 is 0 Å². The number of nitrogens with two attached hydrogens (primary N) is 1. The lowest BCUT2D eigenvalue weighted by Crippen LogP contribution is -2.46. The van der Waals surface area contributed by atoms with E-state index in [-0.39, 0.29) is 35.7 Å². The Hall–Kier alpha value is -3.65. The normalized spacial score (nSPS) is 22.1. The number of methoxy groups -OCH3 is 1. The molecule has 3 aromatic rings. The highest BCUT2D eigenvalue weighted by molar-refractivity contribution is 5.93. The van der Waals surface area contributed by atoms with Gasteiger partial charge in [-0.05, 0) is 61.8 Å². The van der Waals surface area contributed by atoms with E-state index in [0.717, 1.165) is 41.7 Å². The molecule has 0 aromatic heterocycles. The van der Waals surface area contributed by atoms with E-state index in [1.807, 2.05) is 49.4 Å². The monoisotopic (exact) mass is 563 g/mol. The first-order valence-corrected chi connectivity index (χ1v) is 14.4. The minimum absolute atomic E-state index is 0.0559. The van der Waals surface area contributed by atoms with Gasteiger partial charge < -0.3 is 18.9 Å². The molecule has 2 N–H and O–H groups in total. The third-order valence-corrected chi connectivity index (χ3v) is 8.53. The van der Waals surface area contributed by atoms with Gasteiger partial charge in [0.2, 0.25) is 0 Å². The van der Waals surface area contributed by atoms with Crippen LogP contribution in [0.2, 0.25) is 0 Å². The zero-order valence-electron chi connectivity index (χ0n) is 23.7. The number of hydrogen-bond donors (Lipinski definition) is 1. The van der Waals surface area contributed by atoms with Crippen molar-refractivity contribution in [3.8, 4) is 11.5 Å². The molecule has 0 atom stereocenters. The lowest BCUT2D eigenvalue weighted by molar-refractivity contribution is -0.159. The second-order valence-corrected chi connectivity index (χ2v) is 11.6. The summed E-state index contributed by atoms with van der Waals surface area (Å²) in [7, 11) is 1.37. The van der Waals surface area contributed by atoms with Crippen LogP contribution >= 0.6 is 0 Å². The lowest BCUT2D eigenvalue weighted by atomic mass is 9.74. The van der Waals surface area contributed by atoms with Crippen LogP contribution in [0.3, 0.4) is 0 Å². The van der Waals surface area contributed by atoms with Crippen LogP contribution in [0.1, 0.15) is 80.6 Å². The minimum atomic E-state index is -1.04. The molecule has 0 saturated heterocycles. The lowest BCUT2D eigenvalue weighted by Gasteiger charge is -2.35. The molecule has 0 unspecified atom stereocenters. The fourth-order valence-electron chi connectivity index (χ4n) is 5.91. The van der Waals surface area contributed by atoms with Crippen LogP contribution in [0.5, 0.6) is 11.5 Å². The average molecular weight is 564 g/mol. The smallest absolute Gasteiger partial charge is 0.343 e. The first-order valence-electron chi connectivity index (χ1n) is 14.4. The number of benzene rings is 3. The predicted molar refractivity (Wildman–Crippen MR) is 153 cm³/mol. The Morgan fingerprint density at radius 2 is 1.66 bits per heavy atom. The molecule has 41 heavy (non-hydrogen) atoms. The number of ether oxygens (including phenoxy) is 4. The topological polar surface area (TPSA) is 97.1 Å². The number of hydrogen-bond acceptors (Lipinski definition) is 7. The third kappa shape index (κ3) is 6.48. The molecule has 7 nitrogen and oxygen atoms in total. The molecule has 5 rings (SSSR count). The standard InChI is InChI=1S/C33H38FNO6/c1-32(31(37)39-21-23-11-8-10-22-9-4-5-12-25(22)23)17-13-24(14-18-32)40-29-19-26(28(38-2)20-27(29)34)30(36)41-33(35)15-6-3-7-16-33/h4-5,8-12,19-20,24H,3,6-7,13-18,21,35H2,1-2H3/t24-,32+. The van der Waals surface area contributed by atoms with Crippen molar-refractivity contribution in [2.45, 2.75) is 83.1 Å². The highest BCUT2D eigenvalue weighted by Gasteiger charge is 2.40. The second-order valence-electron chi connectivity index (χ2n) is 11.6. The summed E-state index contributed by atoms with van der Waals surface area (Å²) in [5, 5.41) is 2.17. The van der Waals surface area contributed by atoms with E-state index in [1.165, 1.54) is 13.2 Å². The SMILES string of the molecule is COc1cc(F)c(O[C@H]2CC[C@@](C)(C(=O)OCc3cccc4ccccc34)CC2)cc1C(=O)OC1(N)CCCCC1. The number of halogens is 1. The van der Waals surface area contributed by atoms with Crippen LogP contribution in [0.4, 0.5) is 4.39 Å². The first kappa shape index (κ1) is 28.9. The summed E-state index contributed by atoms with van der Waals surface area (Å²) >= 11 is 0. The highest BCUT2D eigenvalue weighted by Crippen LogP contribution is 2.40. The number of carbonyl (C=O) groups is 2. The summed E-state index contributed by atoms with van der Waals surface area (Å²) in [5.74, 6) is -1.55. The largest absolute Gasteiger partial charge is 0.496 e. The number of carbonyl (C=O) groups excluding carboxylic acids is 2. The molecule has 0 aliphatic heterocycles. The Balaban J connectivity index is 1.20. The number of rotatable bonds is 8. The maximum Gasteiger partial charge on any atom is 0.343 e. The molecule has 2 saturated carbocycles. The van der Waals surface area contributed by atoms with E-state index in [2.05, 4.69) is 0 Å². The molecule has 3 aromatic carbocycles. The van der Waals surface area contributed by atoms with Gasteiger partial charge in [-0.2, -0.15) is 0 Å².